The van der Waals surface area contributed by atoms with E-state index >= 15 is 0 Å². The number of pyridine rings is 1. The number of hydrogen-bond acceptors (Lipinski definition) is 4. The van der Waals surface area contributed by atoms with Gasteiger partial charge in [0.15, 0.2) is 0 Å². The van der Waals surface area contributed by atoms with Crippen LogP contribution >= 0.6 is 11.6 Å². The minimum atomic E-state index is -3.98. The summed E-state index contributed by atoms with van der Waals surface area (Å²) in [5.41, 5.74) is 2.86. The second-order valence-electron chi connectivity index (χ2n) is 6.89. The first kappa shape index (κ1) is 21.8. The highest BCUT2D eigenvalue weighted by molar-refractivity contribution is 7.92. The Labute approximate surface area is 181 Å². The lowest BCUT2D eigenvalue weighted by Crippen LogP contribution is -2.41. The molecule has 156 valence electrons. The quantitative estimate of drug-likeness (QED) is 0.601. The van der Waals surface area contributed by atoms with E-state index in [1.807, 2.05) is 6.92 Å². The molecular weight excluding hydrogens is 422 g/mol. The second-order valence-corrected chi connectivity index (χ2v) is 9.19. The highest BCUT2D eigenvalue weighted by Gasteiger charge is 2.28. The highest BCUT2D eigenvalue weighted by atomic mass is 35.5. The van der Waals surface area contributed by atoms with E-state index in [-0.39, 0.29) is 18.0 Å². The summed E-state index contributed by atoms with van der Waals surface area (Å²) in [5.74, 6) is -0.429. The lowest BCUT2D eigenvalue weighted by molar-refractivity contribution is -0.119. The van der Waals surface area contributed by atoms with E-state index in [1.54, 1.807) is 61.8 Å². The molecule has 30 heavy (non-hydrogen) atoms. The molecule has 0 aliphatic rings. The summed E-state index contributed by atoms with van der Waals surface area (Å²) in [5, 5.41) is 3.15. The Morgan fingerprint density at radius 2 is 1.70 bits per heavy atom. The number of carbonyl (C=O) groups excluding carboxylic acids is 1. The van der Waals surface area contributed by atoms with Gasteiger partial charge in [-0.1, -0.05) is 35.4 Å². The molecule has 3 rings (SSSR count). The Bertz CT molecular complexity index is 1130. The maximum atomic E-state index is 13.4. The van der Waals surface area contributed by atoms with Crippen LogP contribution in [0, 0.1) is 13.8 Å². The fourth-order valence-corrected chi connectivity index (χ4v) is 4.52. The molecule has 1 amide bonds. The molecule has 0 atom stereocenters. The van der Waals surface area contributed by atoms with Crippen molar-refractivity contribution < 1.29 is 13.2 Å². The van der Waals surface area contributed by atoms with Crippen molar-refractivity contribution in [1.29, 1.82) is 0 Å². The first-order valence-corrected chi connectivity index (χ1v) is 11.1. The molecule has 0 radical (unpaired) electrons. The van der Waals surface area contributed by atoms with Crippen LogP contribution in [0.25, 0.3) is 0 Å². The lowest BCUT2D eigenvalue weighted by Gasteiger charge is -2.26. The molecule has 8 heteroatoms. The predicted molar refractivity (Wildman–Crippen MR) is 118 cm³/mol. The molecule has 3 aromatic rings. The number of anilines is 1. The van der Waals surface area contributed by atoms with E-state index in [2.05, 4.69) is 10.3 Å². The van der Waals surface area contributed by atoms with Crippen molar-refractivity contribution >= 4 is 33.2 Å². The number of rotatable bonds is 7. The SMILES string of the molecule is Cc1ccc(S(=O)(=O)N(CC(=O)NCc2ccncc2)c2cc(Cl)ccc2C)cc1. The number of hydrogen-bond donors (Lipinski definition) is 1. The number of halogens is 1. The van der Waals surface area contributed by atoms with Gasteiger partial charge in [-0.3, -0.25) is 14.1 Å². The molecule has 0 spiro atoms. The van der Waals surface area contributed by atoms with Gasteiger partial charge in [0.25, 0.3) is 10.0 Å². The van der Waals surface area contributed by atoms with E-state index in [0.29, 0.717) is 16.3 Å². The zero-order valence-electron chi connectivity index (χ0n) is 16.7. The van der Waals surface area contributed by atoms with Gasteiger partial charge in [0, 0.05) is 24.0 Å². The van der Waals surface area contributed by atoms with E-state index in [0.717, 1.165) is 15.4 Å². The summed E-state index contributed by atoms with van der Waals surface area (Å²) in [7, 11) is -3.98. The fourth-order valence-electron chi connectivity index (χ4n) is 2.88. The summed E-state index contributed by atoms with van der Waals surface area (Å²) in [6.45, 7) is 3.55. The molecule has 0 aliphatic carbocycles. The van der Waals surface area contributed by atoms with Gasteiger partial charge < -0.3 is 5.32 Å². The molecule has 1 aromatic heterocycles. The summed E-state index contributed by atoms with van der Waals surface area (Å²) in [4.78, 5) is 16.7. The Morgan fingerprint density at radius 3 is 2.37 bits per heavy atom. The van der Waals surface area contributed by atoms with Crippen molar-refractivity contribution in [2.24, 2.45) is 0 Å². The van der Waals surface area contributed by atoms with Crippen LogP contribution < -0.4 is 9.62 Å². The van der Waals surface area contributed by atoms with Gasteiger partial charge in [0.2, 0.25) is 5.91 Å². The molecular formula is C22H22ClN3O3S. The summed E-state index contributed by atoms with van der Waals surface area (Å²) in [6.07, 6.45) is 3.26. The fraction of sp³-hybridized carbons (Fsp3) is 0.182. The van der Waals surface area contributed by atoms with Crippen LogP contribution in [0.2, 0.25) is 5.02 Å². The average Bonchev–Trinajstić information content (AvgIpc) is 2.73. The van der Waals surface area contributed by atoms with E-state index in [1.165, 1.54) is 12.1 Å². The summed E-state index contributed by atoms with van der Waals surface area (Å²) >= 11 is 6.13. The third-order valence-corrected chi connectivity index (χ3v) is 6.58. The molecule has 0 bridgehead atoms. The average molecular weight is 444 g/mol. The zero-order valence-corrected chi connectivity index (χ0v) is 18.2. The van der Waals surface area contributed by atoms with Crippen molar-refractivity contribution in [1.82, 2.24) is 10.3 Å². The molecule has 1 N–H and O–H groups in total. The van der Waals surface area contributed by atoms with Gasteiger partial charge in [-0.05, 0) is 61.4 Å². The number of nitrogens with zero attached hydrogens (tertiary/aromatic N) is 2. The molecule has 6 nitrogen and oxygen atoms in total. The van der Waals surface area contributed by atoms with Crippen molar-refractivity contribution in [2.75, 3.05) is 10.8 Å². The molecule has 0 fully saturated rings. The first-order valence-electron chi connectivity index (χ1n) is 9.28. The zero-order chi connectivity index (χ0) is 21.7. The van der Waals surface area contributed by atoms with Crippen LogP contribution in [0.15, 0.2) is 71.9 Å². The Morgan fingerprint density at radius 1 is 1.03 bits per heavy atom. The number of carbonyl (C=O) groups is 1. The van der Waals surface area contributed by atoms with Gasteiger partial charge in [-0.25, -0.2) is 8.42 Å². The van der Waals surface area contributed by atoms with Crippen LogP contribution in [-0.4, -0.2) is 25.9 Å². The number of aromatic nitrogens is 1. The first-order chi connectivity index (χ1) is 14.3. The number of benzene rings is 2. The van der Waals surface area contributed by atoms with Gasteiger partial charge in [-0.2, -0.15) is 0 Å². The smallest absolute Gasteiger partial charge is 0.264 e. The molecule has 0 saturated carbocycles. The van der Waals surface area contributed by atoms with E-state index in [4.69, 9.17) is 11.6 Å². The maximum absolute atomic E-state index is 13.4. The van der Waals surface area contributed by atoms with Crippen molar-refractivity contribution in [3.8, 4) is 0 Å². The van der Waals surface area contributed by atoms with Gasteiger partial charge >= 0.3 is 0 Å². The molecule has 1 heterocycles. The van der Waals surface area contributed by atoms with Crippen molar-refractivity contribution in [2.45, 2.75) is 25.3 Å². The van der Waals surface area contributed by atoms with Crippen LogP contribution in [0.1, 0.15) is 16.7 Å². The van der Waals surface area contributed by atoms with Crippen LogP contribution in [0.3, 0.4) is 0 Å². The Balaban J connectivity index is 1.92. The Kier molecular flexibility index (Phi) is 6.74. The minimum Gasteiger partial charge on any atom is -0.350 e. The largest absolute Gasteiger partial charge is 0.350 e. The van der Waals surface area contributed by atoms with Crippen molar-refractivity contribution in [3.05, 3.63) is 88.7 Å². The van der Waals surface area contributed by atoms with E-state index < -0.39 is 15.9 Å². The Hall–Kier alpha value is -2.90. The van der Waals surface area contributed by atoms with Crippen LogP contribution in [0.4, 0.5) is 5.69 Å². The third kappa shape index (κ3) is 5.17. The minimum absolute atomic E-state index is 0.106. The number of nitrogens with one attached hydrogen (secondary N) is 1. The summed E-state index contributed by atoms with van der Waals surface area (Å²) in [6, 6.07) is 15.0. The maximum Gasteiger partial charge on any atom is 0.264 e. The standard InChI is InChI=1S/C22H22ClN3O3S/c1-16-3-7-20(8-4-16)30(28,29)26(21-13-19(23)6-5-17(21)2)15-22(27)25-14-18-9-11-24-12-10-18/h3-13H,14-15H2,1-2H3,(H,25,27). The number of aryl methyl sites for hydroxylation is 2. The highest BCUT2D eigenvalue weighted by Crippen LogP contribution is 2.29. The van der Waals surface area contributed by atoms with Gasteiger partial charge in [0.05, 0.1) is 10.6 Å². The van der Waals surface area contributed by atoms with Gasteiger partial charge in [0.1, 0.15) is 6.54 Å². The molecule has 0 aliphatic heterocycles. The van der Waals surface area contributed by atoms with Gasteiger partial charge in [-0.15, -0.1) is 0 Å². The third-order valence-electron chi connectivity index (χ3n) is 4.58. The normalized spacial score (nSPS) is 11.2. The summed E-state index contributed by atoms with van der Waals surface area (Å²) < 4.78 is 27.9. The number of sulfonamides is 1. The van der Waals surface area contributed by atoms with Crippen LogP contribution in [0.5, 0.6) is 0 Å². The van der Waals surface area contributed by atoms with E-state index in [9.17, 15) is 13.2 Å². The lowest BCUT2D eigenvalue weighted by atomic mass is 10.2. The number of amides is 1. The molecule has 2 aromatic carbocycles. The van der Waals surface area contributed by atoms with Crippen LogP contribution in [-0.2, 0) is 21.4 Å². The second kappa shape index (κ2) is 9.28. The topological polar surface area (TPSA) is 79.4 Å². The predicted octanol–water partition coefficient (Wildman–Crippen LogP) is 3.86. The monoisotopic (exact) mass is 443 g/mol. The van der Waals surface area contributed by atoms with Crippen molar-refractivity contribution in [3.63, 3.8) is 0 Å². The molecule has 0 unspecified atom stereocenters. The molecule has 0 saturated heterocycles.